The summed E-state index contributed by atoms with van der Waals surface area (Å²) in [7, 11) is -10.9. The number of nitrogen functional groups attached to an aromatic ring is 1. The molecule has 0 amide bonds. The molecule has 4 unspecified atom stereocenters. The molecule has 2 aliphatic heterocycles. The number of aliphatic hydroxyl groups is 2. The van der Waals surface area contributed by atoms with Gasteiger partial charge in [-0.3, -0.25) is 23.2 Å². The standard InChI is InChI=1S/C50H85N3O16P2/c1-3-5-7-8-9-10-11-12-13-14-15-16-17-18-23-26-30-34-46(55)66-40(37-63-45(54)33-29-25-22-20-19-21-24-28-32-42-41(67-42)31-27-6-4-2)38-64-70(59,60)69-71(61,62)65-39-43-47(56)48(57)49(68-43)53-36-35-44(51)52-50(53)58/h9-10,12-13,24,28,35-36,40-43,47-49,56-57H,3-8,11,14-23,25-27,29-34,37-39H2,1-2H3,(H,59,60)(H,61,62)(H2,51,52,58)/b10-9-,13-12-,28-24-/t40-,41?,42?,43-,47-,48-,49-/m1/s1. The van der Waals surface area contributed by atoms with Crippen LogP contribution in [0.2, 0.25) is 0 Å². The number of unbranched alkanes of at least 4 members (excludes halogenated alkanes) is 17. The monoisotopic (exact) mass is 1050 g/mol. The molecule has 0 bridgehead atoms. The number of nitrogens with two attached hydrogens (primary N) is 1. The van der Waals surface area contributed by atoms with Crippen LogP contribution in [-0.4, -0.2) is 97.9 Å². The average Bonchev–Trinajstić information content (AvgIpc) is 4.02. The molecule has 9 atom stereocenters. The fourth-order valence-corrected chi connectivity index (χ4v) is 10.0. The Balaban J connectivity index is 1.39. The van der Waals surface area contributed by atoms with E-state index in [4.69, 9.17) is 33.7 Å². The highest BCUT2D eigenvalue weighted by atomic mass is 31.3. The third kappa shape index (κ3) is 28.3. The molecule has 0 aliphatic carbocycles. The van der Waals surface area contributed by atoms with Crippen molar-refractivity contribution >= 4 is 33.4 Å². The molecule has 1 aromatic heterocycles. The number of aromatic nitrogens is 2. The van der Waals surface area contributed by atoms with Crippen molar-refractivity contribution in [3.63, 3.8) is 0 Å². The molecule has 0 aromatic carbocycles. The van der Waals surface area contributed by atoms with Crippen molar-refractivity contribution in [1.82, 2.24) is 9.55 Å². The van der Waals surface area contributed by atoms with Gasteiger partial charge in [0.1, 0.15) is 30.7 Å². The second-order valence-electron chi connectivity index (χ2n) is 18.4. The fourth-order valence-electron chi connectivity index (χ4n) is 7.94. The van der Waals surface area contributed by atoms with E-state index in [2.05, 4.69) is 59.6 Å². The van der Waals surface area contributed by atoms with Crippen molar-refractivity contribution < 1.29 is 71.0 Å². The maximum Gasteiger partial charge on any atom is 0.481 e. The zero-order valence-electron chi connectivity index (χ0n) is 42.2. The third-order valence-electron chi connectivity index (χ3n) is 12.1. The number of aliphatic hydroxyl groups excluding tert-OH is 2. The molecule has 2 saturated heterocycles. The average molecular weight is 1050 g/mol. The highest BCUT2D eigenvalue weighted by molar-refractivity contribution is 7.61. The maximum absolute atomic E-state index is 12.9. The van der Waals surface area contributed by atoms with Gasteiger partial charge in [-0.15, -0.1) is 0 Å². The number of rotatable bonds is 42. The number of phosphoric ester groups is 2. The smallest absolute Gasteiger partial charge is 0.462 e. The zero-order chi connectivity index (χ0) is 51.7. The molecule has 3 rings (SSSR count). The molecular weight excluding hydrogens is 961 g/mol. The second-order valence-corrected chi connectivity index (χ2v) is 21.4. The summed E-state index contributed by atoms with van der Waals surface area (Å²) in [5.41, 5.74) is 4.59. The van der Waals surface area contributed by atoms with E-state index in [1.807, 2.05) is 0 Å². The number of anilines is 1. The lowest BCUT2D eigenvalue weighted by atomic mass is 10.1. The normalized spacial score (nSPS) is 22.3. The van der Waals surface area contributed by atoms with E-state index in [-0.39, 0.29) is 18.7 Å². The van der Waals surface area contributed by atoms with Gasteiger partial charge in [0.05, 0.1) is 25.4 Å². The number of carbonyl (C=O) groups is 2. The van der Waals surface area contributed by atoms with Crippen LogP contribution in [0.15, 0.2) is 53.5 Å². The zero-order valence-corrected chi connectivity index (χ0v) is 44.0. The van der Waals surface area contributed by atoms with E-state index in [0.29, 0.717) is 25.0 Å². The molecule has 3 heterocycles. The summed E-state index contributed by atoms with van der Waals surface area (Å²) in [4.78, 5) is 62.0. The Morgan fingerprint density at radius 1 is 0.704 bits per heavy atom. The summed E-state index contributed by atoms with van der Waals surface area (Å²) in [6, 6.07) is 1.25. The molecule has 406 valence electrons. The lowest BCUT2D eigenvalue weighted by Gasteiger charge is -2.21. The molecule has 19 nitrogen and oxygen atoms in total. The number of esters is 2. The number of allylic oxidation sites excluding steroid dienone is 5. The van der Waals surface area contributed by atoms with Gasteiger partial charge >= 0.3 is 33.3 Å². The first kappa shape index (κ1) is 62.2. The van der Waals surface area contributed by atoms with Crippen LogP contribution < -0.4 is 11.4 Å². The number of phosphoric acid groups is 2. The molecule has 0 radical (unpaired) electrons. The molecule has 6 N–H and O–H groups in total. The lowest BCUT2D eigenvalue weighted by Crippen LogP contribution is -2.36. The van der Waals surface area contributed by atoms with Crippen LogP contribution in [-0.2, 0) is 51.0 Å². The summed E-state index contributed by atoms with van der Waals surface area (Å²) in [5.74, 6) is -1.32. The quantitative estimate of drug-likeness (QED) is 0.0134. The highest BCUT2D eigenvalue weighted by Crippen LogP contribution is 2.60. The molecule has 71 heavy (non-hydrogen) atoms. The van der Waals surface area contributed by atoms with Gasteiger partial charge in [-0.2, -0.15) is 9.29 Å². The molecule has 0 saturated carbocycles. The van der Waals surface area contributed by atoms with Crippen LogP contribution in [0.1, 0.15) is 187 Å². The first-order chi connectivity index (χ1) is 34.1. The van der Waals surface area contributed by atoms with Crippen molar-refractivity contribution in [2.45, 2.75) is 224 Å². The number of ether oxygens (including phenoxy) is 4. The minimum Gasteiger partial charge on any atom is -0.462 e. The fraction of sp³-hybridized carbons (Fsp3) is 0.760. The van der Waals surface area contributed by atoms with Crippen molar-refractivity contribution in [3.8, 4) is 0 Å². The topological polar surface area (TPSA) is 278 Å². The number of carbonyl (C=O) groups excluding carboxylic acids is 2. The van der Waals surface area contributed by atoms with E-state index in [9.17, 15) is 43.5 Å². The van der Waals surface area contributed by atoms with E-state index >= 15 is 0 Å². The van der Waals surface area contributed by atoms with E-state index in [1.165, 1.54) is 44.6 Å². The van der Waals surface area contributed by atoms with Gasteiger partial charge < -0.3 is 44.7 Å². The molecule has 21 heteroatoms. The van der Waals surface area contributed by atoms with Crippen LogP contribution in [0.25, 0.3) is 0 Å². The maximum atomic E-state index is 12.9. The van der Waals surface area contributed by atoms with E-state index in [1.54, 1.807) is 0 Å². The predicted molar refractivity (Wildman–Crippen MR) is 270 cm³/mol. The van der Waals surface area contributed by atoms with Gasteiger partial charge in [-0.25, -0.2) is 13.9 Å². The van der Waals surface area contributed by atoms with Crippen LogP contribution in [0, 0.1) is 0 Å². The van der Waals surface area contributed by atoms with Crippen LogP contribution in [0.3, 0.4) is 0 Å². The van der Waals surface area contributed by atoms with Crippen LogP contribution in [0.4, 0.5) is 5.82 Å². The third-order valence-corrected chi connectivity index (χ3v) is 14.7. The Labute approximate surface area is 421 Å². The molecule has 2 fully saturated rings. The van der Waals surface area contributed by atoms with Crippen molar-refractivity contribution in [3.05, 3.63) is 59.2 Å². The first-order valence-corrected chi connectivity index (χ1v) is 29.1. The highest BCUT2D eigenvalue weighted by Gasteiger charge is 2.46. The summed E-state index contributed by atoms with van der Waals surface area (Å²) in [6.45, 7) is 2.08. The van der Waals surface area contributed by atoms with Gasteiger partial charge in [0.25, 0.3) is 0 Å². The predicted octanol–water partition coefficient (Wildman–Crippen LogP) is 9.77. The van der Waals surface area contributed by atoms with Gasteiger partial charge in [0.15, 0.2) is 12.3 Å². The number of hydrogen-bond donors (Lipinski definition) is 5. The van der Waals surface area contributed by atoms with Crippen LogP contribution >= 0.6 is 15.6 Å². The van der Waals surface area contributed by atoms with Crippen molar-refractivity contribution in [2.75, 3.05) is 25.6 Å². The summed E-state index contributed by atoms with van der Waals surface area (Å²) in [6.07, 6.45) is 32.4. The minimum atomic E-state index is -5.43. The van der Waals surface area contributed by atoms with Gasteiger partial charge in [0, 0.05) is 19.0 Å². The first-order valence-electron chi connectivity index (χ1n) is 26.1. The van der Waals surface area contributed by atoms with E-state index < -0.39 is 83.7 Å². The summed E-state index contributed by atoms with van der Waals surface area (Å²) < 4.78 is 62.6. The number of epoxide rings is 1. The Kier molecular flexibility index (Phi) is 31.5. The minimum absolute atomic E-state index is 0.0354. The van der Waals surface area contributed by atoms with Crippen molar-refractivity contribution in [1.29, 1.82) is 0 Å². The van der Waals surface area contributed by atoms with E-state index in [0.717, 1.165) is 113 Å². The molecule has 0 spiro atoms. The Hall–Kier alpha value is -3.06. The van der Waals surface area contributed by atoms with Gasteiger partial charge in [0.2, 0.25) is 0 Å². The molecule has 1 aromatic rings. The number of nitrogens with zero attached hydrogens (tertiary/aromatic N) is 2. The Morgan fingerprint density at radius 2 is 1.27 bits per heavy atom. The van der Waals surface area contributed by atoms with Gasteiger partial charge in [-0.1, -0.05) is 134 Å². The van der Waals surface area contributed by atoms with Gasteiger partial charge in [-0.05, 0) is 76.7 Å². The van der Waals surface area contributed by atoms with Crippen LogP contribution in [0.5, 0.6) is 0 Å². The SMILES string of the molecule is CCCCC/C=C\C/C=C\CCCCCCCCCC(=O)O[C@H](COC(=O)CCCCCCC/C=C\CC1OC1CCCCC)COP(=O)(O)OP(=O)(O)OC[C@H]1O[C@@H](n2ccc(N)nc2=O)[C@H](O)[C@@H]1O. The Bertz CT molecular complexity index is 1900. The summed E-state index contributed by atoms with van der Waals surface area (Å²) in [5, 5.41) is 20.9. The second kappa shape index (κ2) is 36.0. The largest absolute Gasteiger partial charge is 0.481 e. The Morgan fingerprint density at radius 3 is 1.90 bits per heavy atom. The molecule has 2 aliphatic rings. The number of hydrogen-bond acceptors (Lipinski definition) is 16. The van der Waals surface area contributed by atoms with Crippen molar-refractivity contribution in [2.24, 2.45) is 0 Å². The summed E-state index contributed by atoms with van der Waals surface area (Å²) >= 11 is 0. The molecular formula is C50H85N3O16P2. The lowest BCUT2D eigenvalue weighted by molar-refractivity contribution is -0.161.